The summed E-state index contributed by atoms with van der Waals surface area (Å²) in [6.45, 7) is 0. The van der Waals surface area contributed by atoms with Crippen molar-refractivity contribution in [3.8, 4) is 22.4 Å². The fourth-order valence-electron chi connectivity index (χ4n) is 3.29. The Morgan fingerprint density at radius 1 is 0.871 bits per heavy atom. The fraction of sp³-hybridized carbons (Fsp3) is 0. The van der Waals surface area contributed by atoms with Crippen LogP contribution in [0, 0.1) is 12.1 Å². The molecule has 0 aliphatic carbocycles. The average Bonchev–Trinajstić information content (AvgIpc) is 2.85. The first kappa shape index (κ1) is 18.4. The van der Waals surface area contributed by atoms with Gasteiger partial charge in [0.25, 0.3) is 5.90 Å². The Labute approximate surface area is 179 Å². The largest absolute Gasteiger partial charge is 0.427 e. The number of hydrogen-bond acceptors (Lipinski definition) is 5. The summed E-state index contributed by atoms with van der Waals surface area (Å²) in [6.07, 6.45) is 3.19. The fourth-order valence-corrected chi connectivity index (χ4v) is 3.29. The number of rotatable bonds is 4. The second-order valence-electron chi connectivity index (χ2n) is 6.75. The molecule has 3 aromatic carbocycles. The van der Waals surface area contributed by atoms with Crippen LogP contribution in [0.3, 0.4) is 0 Å². The third-order valence-electron chi connectivity index (χ3n) is 4.76. The normalized spacial score (nSPS) is 12.4. The molecule has 2 N–H and O–H groups in total. The van der Waals surface area contributed by atoms with Gasteiger partial charge in [-0.1, -0.05) is 78.5 Å². The van der Waals surface area contributed by atoms with Gasteiger partial charge in [0, 0.05) is 5.56 Å². The smallest absolute Gasteiger partial charge is 0.250 e. The van der Waals surface area contributed by atoms with Crippen LogP contribution in [-0.4, -0.2) is 15.9 Å². The predicted molar refractivity (Wildman–Crippen MR) is 121 cm³/mol. The number of hydrogen-bond donors (Lipinski definition) is 1. The van der Waals surface area contributed by atoms with Crippen molar-refractivity contribution in [3.63, 3.8) is 0 Å². The lowest BCUT2D eigenvalue weighted by Gasteiger charge is -2.14. The summed E-state index contributed by atoms with van der Waals surface area (Å²) in [5, 5.41) is 0. The van der Waals surface area contributed by atoms with Gasteiger partial charge in [0.05, 0.1) is 23.7 Å². The Bertz CT molecular complexity index is 1340. The van der Waals surface area contributed by atoms with Crippen LogP contribution in [0.5, 0.6) is 0 Å². The van der Waals surface area contributed by atoms with E-state index in [4.69, 9.17) is 15.5 Å². The first-order valence-electron chi connectivity index (χ1n) is 9.67. The van der Waals surface area contributed by atoms with Crippen molar-refractivity contribution in [2.75, 3.05) is 5.73 Å². The summed E-state index contributed by atoms with van der Waals surface area (Å²) in [4.78, 5) is 13.4. The van der Waals surface area contributed by atoms with Crippen molar-refractivity contribution < 1.29 is 4.74 Å². The Morgan fingerprint density at radius 3 is 2.48 bits per heavy atom. The molecule has 1 aliphatic heterocycles. The molecule has 2 heterocycles. The summed E-state index contributed by atoms with van der Waals surface area (Å²) in [5.41, 5.74) is 14.0. The van der Waals surface area contributed by atoms with Crippen molar-refractivity contribution in [1.29, 1.82) is 0 Å². The van der Waals surface area contributed by atoms with Crippen LogP contribution in [0.2, 0.25) is 0 Å². The highest BCUT2D eigenvalue weighted by atomic mass is 16.5. The van der Waals surface area contributed by atoms with E-state index in [1.807, 2.05) is 48.5 Å². The molecule has 0 atom stereocenters. The van der Waals surface area contributed by atoms with Gasteiger partial charge in [0.2, 0.25) is 0 Å². The molecule has 146 valence electrons. The molecule has 0 amide bonds. The lowest BCUT2D eigenvalue weighted by atomic mass is 9.98. The van der Waals surface area contributed by atoms with Crippen LogP contribution >= 0.6 is 0 Å². The minimum Gasteiger partial charge on any atom is -0.427 e. The van der Waals surface area contributed by atoms with Gasteiger partial charge in [-0.2, -0.15) is 0 Å². The van der Waals surface area contributed by atoms with Crippen LogP contribution < -0.4 is 5.73 Å². The highest BCUT2D eigenvalue weighted by Crippen LogP contribution is 2.31. The Morgan fingerprint density at radius 2 is 1.68 bits per heavy atom. The van der Waals surface area contributed by atoms with Gasteiger partial charge in [-0.15, -0.1) is 0 Å². The summed E-state index contributed by atoms with van der Waals surface area (Å²) in [7, 11) is 0. The van der Waals surface area contributed by atoms with Gasteiger partial charge in [-0.05, 0) is 23.3 Å². The van der Waals surface area contributed by atoms with Crippen LogP contribution in [0.4, 0.5) is 5.82 Å². The van der Waals surface area contributed by atoms with Gasteiger partial charge in [-0.25, -0.2) is 15.0 Å². The number of nitrogens with zero attached hydrogens (tertiary/aromatic N) is 3. The molecule has 31 heavy (non-hydrogen) atoms. The molecule has 0 fully saturated rings. The third-order valence-corrected chi connectivity index (χ3v) is 4.76. The van der Waals surface area contributed by atoms with E-state index in [9.17, 15) is 0 Å². The maximum atomic E-state index is 6.14. The van der Waals surface area contributed by atoms with E-state index >= 15 is 0 Å². The lowest BCUT2D eigenvalue weighted by molar-refractivity contribution is 0.504. The molecular weight excluding hydrogens is 384 g/mol. The van der Waals surface area contributed by atoms with Gasteiger partial charge in [0.15, 0.2) is 17.3 Å². The van der Waals surface area contributed by atoms with Gasteiger partial charge in [-0.3, -0.25) is 0 Å². The van der Waals surface area contributed by atoms with Gasteiger partial charge in [0.1, 0.15) is 0 Å². The molecule has 4 aromatic rings. The summed E-state index contributed by atoms with van der Waals surface area (Å²) < 4.78 is 5.94. The molecule has 5 rings (SSSR count). The second kappa shape index (κ2) is 8.00. The van der Waals surface area contributed by atoms with E-state index in [-0.39, 0.29) is 11.7 Å². The summed E-state index contributed by atoms with van der Waals surface area (Å²) in [5.74, 6) is 0.964. The quantitative estimate of drug-likeness (QED) is 0.493. The van der Waals surface area contributed by atoms with Crippen molar-refractivity contribution in [2.24, 2.45) is 4.99 Å². The minimum atomic E-state index is 0.234. The number of aliphatic imine (C=N–C) groups is 1. The second-order valence-corrected chi connectivity index (χ2v) is 6.75. The number of benzene rings is 2. The molecule has 0 bridgehead atoms. The SMILES string of the molecule is Nc1ncc(-c2ccccc2-c2ccccc2)nc1C1=NC=C=C(c2c#cccc2)O1. The summed E-state index contributed by atoms with van der Waals surface area (Å²) in [6, 6.07) is 29.6. The molecule has 5 nitrogen and oxygen atoms in total. The molecule has 0 radical (unpaired) electrons. The number of ether oxygens (including phenoxy) is 1. The highest BCUT2D eigenvalue weighted by Gasteiger charge is 2.19. The average molecular weight is 400 g/mol. The van der Waals surface area contributed by atoms with E-state index < -0.39 is 0 Å². The standard InChI is InChI=1S/C26H16N4O/c27-25-24(26-28-16-15-23(31-26)19-11-5-2-6-12-19)30-22(17-29-25)21-14-8-7-13-20(21)18-9-3-1-4-10-18/h1-5,7-11,13-14,16-17H,(H2,27,29). The third kappa shape index (κ3) is 3.67. The molecule has 0 saturated heterocycles. The molecule has 0 saturated carbocycles. The molecular formula is C26H16N4O. The van der Waals surface area contributed by atoms with Gasteiger partial charge < -0.3 is 10.5 Å². The molecule has 1 aromatic heterocycles. The van der Waals surface area contributed by atoms with Crippen LogP contribution in [0.25, 0.3) is 28.1 Å². The van der Waals surface area contributed by atoms with Crippen molar-refractivity contribution in [2.45, 2.75) is 0 Å². The number of aromatic nitrogens is 2. The van der Waals surface area contributed by atoms with Crippen molar-refractivity contribution in [1.82, 2.24) is 9.97 Å². The van der Waals surface area contributed by atoms with E-state index in [0.717, 1.165) is 16.7 Å². The van der Waals surface area contributed by atoms with E-state index in [2.05, 4.69) is 46.0 Å². The first-order chi connectivity index (χ1) is 15.3. The number of nitrogen functional groups attached to an aromatic ring is 1. The molecule has 1 aliphatic rings. The summed E-state index contributed by atoms with van der Waals surface area (Å²) >= 11 is 0. The topological polar surface area (TPSA) is 73.4 Å². The predicted octanol–water partition coefficient (Wildman–Crippen LogP) is 4.92. The van der Waals surface area contributed by atoms with E-state index in [0.29, 0.717) is 22.7 Å². The highest BCUT2D eigenvalue weighted by molar-refractivity contribution is 6.00. The Kier molecular flexibility index (Phi) is 4.74. The van der Waals surface area contributed by atoms with Gasteiger partial charge >= 0.3 is 0 Å². The van der Waals surface area contributed by atoms with Crippen molar-refractivity contribution in [3.05, 3.63) is 114 Å². The molecule has 0 spiro atoms. The van der Waals surface area contributed by atoms with E-state index in [1.54, 1.807) is 12.3 Å². The molecule has 5 heteroatoms. The monoisotopic (exact) mass is 400 g/mol. The van der Waals surface area contributed by atoms with Crippen LogP contribution in [0.15, 0.2) is 95.9 Å². The maximum absolute atomic E-state index is 6.14. The number of nitrogens with two attached hydrogens (primary N) is 1. The zero-order valence-electron chi connectivity index (χ0n) is 16.4. The van der Waals surface area contributed by atoms with Crippen molar-refractivity contribution >= 4 is 17.5 Å². The molecule has 0 unspecified atom stereocenters. The minimum absolute atomic E-state index is 0.234. The Balaban J connectivity index is 1.54. The zero-order chi connectivity index (χ0) is 21.0. The first-order valence-corrected chi connectivity index (χ1v) is 9.67. The Hall–Kier alpha value is -4.65. The maximum Gasteiger partial charge on any atom is 0.250 e. The zero-order valence-corrected chi connectivity index (χ0v) is 16.4. The number of anilines is 1. The van der Waals surface area contributed by atoms with Crippen LogP contribution in [0.1, 0.15) is 11.3 Å². The van der Waals surface area contributed by atoms with E-state index in [1.165, 1.54) is 6.20 Å². The van der Waals surface area contributed by atoms with Crippen LogP contribution in [-0.2, 0) is 4.74 Å². The lowest BCUT2D eigenvalue weighted by Crippen LogP contribution is -2.14.